The Hall–Kier alpha value is -2.75. The third-order valence-electron chi connectivity index (χ3n) is 3.25. The molecule has 3 nitrogen and oxygen atoms in total. The Morgan fingerprint density at radius 2 is 1.81 bits per heavy atom. The minimum atomic E-state index is -0.465. The van der Waals surface area contributed by atoms with Crippen LogP contribution in [0.1, 0.15) is 10.4 Å². The van der Waals surface area contributed by atoms with Gasteiger partial charge in [-0.05, 0) is 36.4 Å². The van der Waals surface area contributed by atoms with Crippen molar-refractivity contribution in [2.75, 3.05) is 7.11 Å². The fourth-order valence-corrected chi connectivity index (χ4v) is 2.21. The number of esters is 1. The van der Waals surface area contributed by atoms with E-state index in [-0.39, 0.29) is 5.82 Å². The quantitative estimate of drug-likeness (QED) is 0.670. The molecule has 0 bridgehead atoms. The highest BCUT2D eigenvalue weighted by atomic mass is 19.1. The largest absolute Gasteiger partial charge is 0.465 e. The molecule has 0 aliphatic carbocycles. The minimum Gasteiger partial charge on any atom is -0.465 e. The zero-order chi connectivity index (χ0) is 14.8. The molecule has 4 heteroatoms. The summed E-state index contributed by atoms with van der Waals surface area (Å²) in [6.07, 6.45) is 0. The highest BCUT2D eigenvalue weighted by Crippen LogP contribution is 2.26. The Kier molecular flexibility index (Phi) is 3.36. The summed E-state index contributed by atoms with van der Waals surface area (Å²) < 4.78 is 17.9. The van der Waals surface area contributed by atoms with Gasteiger partial charge in [-0.1, -0.05) is 18.2 Å². The van der Waals surface area contributed by atoms with Crippen LogP contribution in [-0.4, -0.2) is 18.1 Å². The van der Waals surface area contributed by atoms with Crippen molar-refractivity contribution in [1.29, 1.82) is 0 Å². The Balaban J connectivity index is 2.27. The maximum atomic E-state index is 13.1. The summed E-state index contributed by atoms with van der Waals surface area (Å²) in [4.78, 5) is 16.5. The number of carbonyl (C=O) groups is 1. The van der Waals surface area contributed by atoms with Crippen molar-refractivity contribution in [2.45, 2.75) is 0 Å². The van der Waals surface area contributed by atoms with E-state index in [2.05, 4.69) is 4.98 Å². The second-order valence-corrected chi connectivity index (χ2v) is 4.58. The minimum absolute atomic E-state index is 0.334. The number of fused-ring (bicyclic) bond motifs is 1. The van der Waals surface area contributed by atoms with Crippen LogP contribution in [0.15, 0.2) is 54.6 Å². The molecule has 0 N–H and O–H groups in total. The number of methoxy groups -OCH3 is 1. The second-order valence-electron chi connectivity index (χ2n) is 4.58. The summed E-state index contributed by atoms with van der Waals surface area (Å²) in [6.45, 7) is 0. The summed E-state index contributed by atoms with van der Waals surface area (Å²) in [5, 5.41) is 0.851. The number of halogens is 1. The van der Waals surface area contributed by atoms with E-state index in [9.17, 15) is 9.18 Å². The molecule has 0 saturated heterocycles. The lowest BCUT2D eigenvalue weighted by Gasteiger charge is -2.09. The van der Waals surface area contributed by atoms with Crippen molar-refractivity contribution >= 4 is 16.9 Å². The molecule has 0 amide bonds. The number of pyridine rings is 1. The zero-order valence-electron chi connectivity index (χ0n) is 11.3. The molecule has 3 rings (SSSR count). The van der Waals surface area contributed by atoms with Crippen LogP contribution >= 0.6 is 0 Å². The van der Waals surface area contributed by atoms with Gasteiger partial charge in [0, 0.05) is 10.9 Å². The number of ether oxygens (including phenoxy) is 1. The standard InChI is InChI=1S/C17H12FNO2/c1-21-17(20)14-10-12-4-2-3-5-15(12)19-16(14)11-6-8-13(18)9-7-11/h2-10H,1H3. The van der Waals surface area contributed by atoms with Gasteiger partial charge < -0.3 is 4.74 Å². The first-order valence-corrected chi connectivity index (χ1v) is 6.43. The molecule has 0 radical (unpaired) electrons. The van der Waals surface area contributed by atoms with Crippen LogP contribution in [0, 0.1) is 5.82 Å². The lowest BCUT2D eigenvalue weighted by Crippen LogP contribution is -2.05. The summed E-state index contributed by atoms with van der Waals surface area (Å²) in [7, 11) is 1.33. The van der Waals surface area contributed by atoms with Gasteiger partial charge in [0.1, 0.15) is 5.82 Å². The van der Waals surface area contributed by atoms with Gasteiger partial charge in [-0.25, -0.2) is 14.2 Å². The molecule has 0 aliphatic heterocycles. The molecule has 2 aromatic carbocycles. The maximum Gasteiger partial charge on any atom is 0.340 e. The van der Waals surface area contributed by atoms with Crippen LogP contribution in [0.3, 0.4) is 0 Å². The van der Waals surface area contributed by atoms with E-state index in [4.69, 9.17) is 4.74 Å². The molecule has 0 saturated carbocycles. The third-order valence-corrected chi connectivity index (χ3v) is 3.25. The molecule has 104 valence electrons. The average Bonchev–Trinajstić information content (AvgIpc) is 2.53. The molecular weight excluding hydrogens is 269 g/mol. The van der Waals surface area contributed by atoms with E-state index in [1.54, 1.807) is 18.2 Å². The summed E-state index contributed by atoms with van der Waals surface area (Å²) >= 11 is 0. The van der Waals surface area contributed by atoms with Gasteiger partial charge in [-0.15, -0.1) is 0 Å². The highest BCUT2D eigenvalue weighted by molar-refractivity contribution is 6.00. The van der Waals surface area contributed by atoms with Gasteiger partial charge in [-0.3, -0.25) is 0 Å². The maximum absolute atomic E-state index is 13.1. The Morgan fingerprint density at radius 3 is 2.52 bits per heavy atom. The SMILES string of the molecule is COC(=O)c1cc2ccccc2nc1-c1ccc(F)cc1. The van der Waals surface area contributed by atoms with Gasteiger partial charge in [-0.2, -0.15) is 0 Å². The lowest BCUT2D eigenvalue weighted by atomic mass is 10.0. The van der Waals surface area contributed by atoms with Crippen LogP contribution in [0.4, 0.5) is 4.39 Å². The number of aromatic nitrogens is 1. The fourth-order valence-electron chi connectivity index (χ4n) is 2.21. The van der Waals surface area contributed by atoms with E-state index in [0.29, 0.717) is 16.8 Å². The van der Waals surface area contributed by atoms with Crippen LogP contribution in [0.2, 0.25) is 0 Å². The van der Waals surface area contributed by atoms with Crippen molar-refractivity contribution in [3.05, 3.63) is 66.0 Å². The van der Waals surface area contributed by atoms with E-state index >= 15 is 0 Å². The lowest BCUT2D eigenvalue weighted by molar-refractivity contribution is 0.0601. The molecule has 0 fully saturated rings. The topological polar surface area (TPSA) is 39.2 Å². The number of carbonyl (C=O) groups excluding carboxylic acids is 1. The smallest absolute Gasteiger partial charge is 0.340 e. The van der Waals surface area contributed by atoms with E-state index < -0.39 is 5.97 Å². The van der Waals surface area contributed by atoms with Crippen LogP contribution < -0.4 is 0 Å². The molecule has 0 unspecified atom stereocenters. The first-order valence-electron chi connectivity index (χ1n) is 6.43. The average molecular weight is 281 g/mol. The van der Waals surface area contributed by atoms with Crippen molar-refractivity contribution in [2.24, 2.45) is 0 Å². The Morgan fingerprint density at radius 1 is 1.10 bits per heavy atom. The number of hydrogen-bond acceptors (Lipinski definition) is 3. The van der Waals surface area contributed by atoms with Gasteiger partial charge >= 0.3 is 5.97 Å². The number of hydrogen-bond donors (Lipinski definition) is 0. The molecule has 3 aromatic rings. The Bertz CT molecular complexity index is 813. The van der Waals surface area contributed by atoms with Gasteiger partial charge in [0.15, 0.2) is 0 Å². The molecule has 0 spiro atoms. The van der Waals surface area contributed by atoms with Gasteiger partial charge in [0.05, 0.1) is 23.9 Å². The number of para-hydroxylation sites is 1. The van der Waals surface area contributed by atoms with Crippen molar-refractivity contribution in [1.82, 2.24) is 4.98 Å². The molecular formula is C17H12FNO2. The molecule has 1 aromatic heterocycles. The first kappa shape index (κ1) is 13.2. The second kappa shape index (κ2) is 5.32. The van der Waals surface area contributed by atoms with Crippen molar-refractivity contribution in [3.8, 4) is 11.3 Å². The van der Waals surface area contributed by atoms with E-state index in [1.807, 2.05) is 24.3 Å². The molecule has 1 heterocycles. The van der Waals surface area contributed by atoms with Crippen LogP contribution in [0.5, 0.6) is 0 Å². The molecule has 21 heavy (non-hydrogen) atoms. The van der Waals surface area contributed by atoms with Gasteiger partial charge in [0.25, 0.3) is 0 Å². The van der Waals surface area contributed by atoms with Crippen LogP contribution in [-0.2, 0) is 4.74 Å². The predicted molar refractivity (Wildman–Crippen MR) is 78.5 cm³/mol. The zero-order valence-corrected chi connectivity index (χ0v) is 11.3. The van der Waals surface area contributed by atoms with Gasteiger partial charge in [0.2, 0.25) is 0 Å². The number of benzene rings is 2. The number of nitrogens with zero attached hydrogens (tertiary/aromatic N) is 1. The van der Waals surface area contributed by atoms with E-state index in [0.717, 1.165) is 10.9 Å². The fraction of sp³-hybridized carbons (Fsp3) is 0.0588. The predicted octanol–water partition coefficient (Wildman–Crippen LogP) is 3.83. The first-order chi connectivity index (χ1) is 10.2. The monoisotopic (exact) mass is 281 g/mol. The normalized spacial score (nSPS) is 10.6. The van der Waals surface area contributed by atoms with Crippen LogP contribution in [0.25, 0.3) is 22.2 Å². The summed E-state index contributed by atoms with van der Waals surface area (Å²) in [5.41, 5.74) is 2.29. The highest BCUT2D eigenvalue weighted by Gasteiger charge is 2.16. The van der Waals surface area contributed by atoms with E-state index in [1.165, 1.54) is 19.2 Å². The number of rotatable bonds is 2. The van der Waals surface area contributed by atoms with Crippen molar-refractivity contribution < 1.29 is 13.9 Å². The summed E-state index contributed by atoms with van der Waals surface area (Å²) in [5.74, 6) is -0.799. The molecule has 0 atom stereocenters. The third kappa shape index (κ3) is 2.48. The van der Waals surface area contributed by atoms with Crippen molar-refractivity contribution in [3.63, 3.8) is 0 Å². The summed E-state index contributed by atoms with van der Waals surface area (Å²) in [6, 6.07) is 15.1. The molecule has 0 aliphatic rings. The Labute approximate surface area is 121 Å².